The van der Waals surface area contributed by atoms with Crippen molar-refractivity contribution >= 4 is 27.5 Å². The van der Waals surface area contributed by atoms with Crippen LogP contribution >= 0.6 is 7.82 Å². The summed E-state index contributed by atoms with van der Waals surface area (Å²) in [5.41, 5.74) is 6.12. The van der Waals surface area contributed by atoms with Gasteiger partial charge in [0, 0.05) is 12.6 Å². The Hall–Kier alpha value is -2.04. The molecule has 0 aromatic carbocycles. The van der Waals surface area contributed by atoms with E-state index in [-0.39, 0.29) is 12.1 Å². The molecule has 220 valence electrons. The molecule has 2 aliphatic heterocycles. The summed E-state index contributed by atoms with van der Waals surface area (Å²) >= 11 is 0. The second-order valence-electron chi connectivity index (χ2n) is 8.98. The SMILES string of the molecule is BCC(O)C(O)C1OC(OP(=O)(O)OCC2OC(n3ccc(N)nc3=O)C(O)C2O)(C(=O)O)CC(O)C1NO. The quantitative estimate of drug-likeness (QED) is 0.0659. The summed E-state index contributed by atoms with van der Waals surface area (Å²) < 4.78 is 33.7. The summed E-state index contributed by atoms with van der Waals surface area (Å²) in [6.45, 7) is -0.973. The van der Waals surface area contributed by atoms with Gasteiger partial charge in [-0.05, 0) is 6.07 Å². The summed E-state index contributed by atoms with van der Waals surface area (Å²) in [4.78, 5) is 37.9. The van der Waals surface area contributed by atoms with Gasteiger partial charge in [-0.1, -0.05) is 6.32 Å². The van der Waals surface area contributed by atoms with Crippen LogP contribution < -0.4 is 16.9 Å². The number of phosphoric ester groups is 1. The van der Waals surface area contributed by atoms with E-state index in [9.17, 15) is 54.9 Å². The van der Waals surface area contributed by atoms with Crippen LogP contribution in [0.1, 0.15) is 12.6 Å². The monoisotopic (exact) mass is 584 g/mol. The van der Waals surface area contributed by atoms with Crippen molar-refractivity contribution in [3.05, 3.63) is 22.7 Å². The first kappa shape index (κ1) is 31.5. The highest BCUT2D eigenvalue weighted by molar-refractivity contribution is 7.47. The number of hydroxylamine groups is 1. The van der Waals surface area contributed by atoms with Gasteiger partial charge in [0.05, 0.1) is 24.9 Å². The van der Waals surface area contributed by atoms with Crippen molar-refractivity contribution in [2.75, 3.05) is 12.3 Å². The minimum absolute atomic E-state index is 0.0487. The number of phosphoric acid groups is 1. The molecule has 2 saturated heterocycles. The Bertz CT molecular complexity index is 1130. The summed E-state index contributed by atoms with van der Waals surface area (Å²) in [5, 5.41) is 70.5. The summed E-state index contributed by atoms with van der Waals surface area (Å²) in [6, 6.07) is -0.323. The fraction of sp³-hybridized carbons (Fsp3) is 0.722. The van der Waals surface area contributed by atoms with Gasteiger partial charge in [-0.25, -0.2) is 18.7 Å². The number of aliphatic carboxylic acids is 1. The molecular formula is C18H30BN4O15P. The third kappa shape index (κ3) is 6.65. The molecule has 11 N–H and O–H groups in total. The van der Waals surface area contributed by atoms with E-state index in [0.717, 1.165) is 10.8 Å². The van der Waals surface area contributed by atoms with Crippen LogP contribution in [-0.4, -0.2) is 125 Å². The van der Waals surface area contributed by atoms with Gasteiger partial charge in [-0.2, -0.15) is 10.5 Å². The summed E-state index contributed by atoms with van der Waals surface area (Å²) in [7, 11) is -3.98. The first-order valence-corrected chi connectivity index (χ1v) is 13.0. The number of anilines is 1. The van der Waals surface area contributed by atoms with Crippen molar-refractivity contribution in [1.82, 2.24) is 15.0 Å². The van der Waals surface area contributed by atoms with E-state index in [1.54, 1.807) is 5.48 Å². The molecule has 11 unspecified atom stereocenters. The van der Waals surface area contributed by atoms with Crippen molar-refractivity contribution < 1.29 is 68.6 Å². The highest BCUT2D eigenvalue weighted by Crippen LogP contribution is 2.51. The molecule has 0 spiro atoms. The number of carboxylic acids is 1. The number of nitrogen functional groups attached to an aromatic ring is 1. The van der Waals surface area contributed by atoms with E-state index in [1.807, 2.05) is 0 Å². The van der Waals surface area contributed by atoms with E-state index in [2.05, 4.69) is 4.98 Å². The predicted octanol–water partition coefficient (Wildman–Crippen LogP) is -5.37. The zero-order chi connectivity index (χ0) is 29.3. The van der Waals surface area contributed by atoms with Gasteiger partial charge in [0.2, 0.25) is 0 Å². The number of aliphatic hydroxyl groups is 5. The van der Waals surface area contributed by atoms with Gasteiger partial charge < -0.3 is 55.9 Å². The summed E-state index contributed by atoms with van der Waals surface area (Å²) in [5.74, 6) is -5.26. The fourth-order valence-electron chi connectivity index (χ4n) is 4.20. The van der Waals surface area contributed by atoms with Gasteiger partial charge in [-0.3, -0.25) is 9.09 Å². The lowest BCUT2D eigenvalue weighted by Crippen LogP contribution is -2.66. The highest BCUT2D eigenvalue weighted by Gasteiger charge is 2.58. The molecule has 11 atom stereocenters. The minimum Gasteiger partial charge on any atom is -0.477 e. The van der Waals surface area contributed by atoms with Crippen LogP contribution in [0.4, 0.5) is 5.82 Å². The maximum atomic E-state index is 12.7. The van der Waals surface area contributed by atoms with E-state index >= 15 is 0 Å². The molecule has 2 fully saturated rings. The van der Waals surface area contributed by atoms with Crippen LogP contribution in [0, 0.1) is 0 Å². The van der Waals surface area contributed by atoms with Crippen molar-refractivity contribution in [2.24, 2.45) is 0 Å². The predicted molar refractivity (Wildman–Crippen MR) is 126 cm³/mol. The van der Waals surface area contributed by atoms with E-state index < -0.39 is 93.3 Å². The number of carbonyl (C=O) groups is 1. The highest BCUT2D eigenvalue weighted by atomic mass is 31.2. The fourth-order valence-corrected chi connectivity index (χ4v) is 5.15. The maximum absolute atomic E-state index is 12.7. The molecule has 39 heavy (non-hydrogen) atoms. The van der Waals surface area contributed by atoms with Crippen LogP contribution in [0.3, 0.4) is 0 Å². The molecule has 0 radical (unpaired) electrons. The van der Waals surface area contributed by atoms with E-state index in [0.29, 0.717) is 0 Å². The van der Waals surface area contributed by atoms with Gasteiger partial charge >= 0.3 is 19.5 Å². The summed E-state index contributed by atoms with van der Waals surface area (Å²) in [6.07, 6.45) is -13.6. The van der Waals surface area contributed by atoms with Crippen molar-refractivity contribution in [3.8, 4) is 0 Å². The van der Waals surface area contributed by atoms with E-state index in [4.69, 9.17) is 24.3 Å². The number of hydrogen-bond acceptors (Lipinski definition) is 16. The lowest BCUT2D eigenvalue weighted by Gasteiger charge is -2.45. The van der Waals surface area contributed by atoms with Gasteiger partial charge in [-0.15, -0.1) is 0 Å². The Morgan fingerprint density at radius 2 is 2.03 bits per heavy atom. The zero-order valence-corrected chi connectivity index (χ0v) is 21.2. The Kier molecular flexibility index (Phi) is 9.87. The molecular weight excluding hydrogens is 554 g/mol. The zero-order valence-electron chi connectivity index (χ0n) is 20.3. The molecule has 0 saturated carbocycles. The number of nitrogens with two attached hydrogens (primary N) is 1. The normalized spacial score (nSPS) is 36.2. The van der Waals surface area contributed by atoms with Crippen molar-refractivity contribution in [1.29, 1.82) is 0 Å². The van der Waals surface area contributed by atoms with Gasteiger partial charge in [0.1, 0.15) is 44.2 Å². The number of nitrogens with zero attached hydrogens (tertiary/aromatic N) is 2. The minimum atomic E-state index is -5.44. The molecule has 3 rings (SSSR count). The van der Waals surface area contributed by atoms with Crippen LogP contribution in [0.2, 0.25) is 6.32 Å². The number of nitrogens with one attached hydrogen (secondary N) is 1. The molecule has 21 heteroatoms. The molecule has 3 heterocycles. The Morgan fingerprint density at radius 3 is 2.59 bits per heavy atom. The van der Waals surface area contributed by atoms with Gasteiger partial charge in [0.25, 0.3) is 5.79 Å². The Balaban J connectivity index is 1.76. The molecule has 19 nitrogen and oxygen atoms in total. The standard InChI is InChI=1S/C18H30BN4O15P/c19-4-7(25)11(26)14-10(22-32)6(24)3-18(37-14,16(29)30)38-39(33,34)35-5-8-12(27)13(28)15(36-8)23-2-1-9(20)21-17(23)31/h1-2,6-8,10-15,22,24-28,32H,3-5,19H2,(H,29,30)(H,33,34)(H2,20,21,31). The van der Waals surface area contributed by atoms with Crippen LogP contribution in [0.25, 0.3) is 0 Å². The third-order valence-electron chi connectivity index (χ3n) is 6.32. The number of hydrogen-bond donors (Lipinski definition) is 10. The van der Waals surface area contributed by atoms with Crippen molar-refractivity contribution in [3.63, 3.8) is 0 Å². The second-order valence-corrected chi connectivity index (χ2v) is 10.4. The Labute approximate surface area is 220 Å². The average molecular weight is 584 g/mol. The number of ether oxygens (including phenoxy) is 2. The molecule has 0 bridgehead atoms. The van der Waals surface area contributed by atoms with Gasteiger partial charge in [0.15, 0.2) is 6.23 Å². The number of rotatable bonds is 11. The topological polar surface area (TPSA) is 306 Å². The average Bonchev–Trinajstić information content (AvgIpc) is 3.14. The molecule has 0 aliphatic carbocycles. The lowest BCUT2D eigenvalue weighted by atomic mass is 9.86. The first-order valence-electron chi connectivity index (χ1n) is 11.6. The van der Waals surface area contributed by atoms with Crippen molar-refractivity contribution in [2.45, 2.75) is 73.5 Å². The molecule has 0 amide bonds. The molecule has 2 aliphatic rings. The molecule has 1 aromatic heterocycles. The van der Waals surface area contributed by atoms with Crippen LogP contribution in [-0.2, 0) is 27.9 Å². The number of aromatic nitrogens is 2. The van der Waals surface area contributed by atoms with E-state index in [1.165, 1.54) is 13.9 Å². The third-order valence-corrected chi connectivity index (χ3v) is 7.33. The first-order chi connectivity index (χ1) is 18.2. The Morgan fingerprint density at radius 1 is 1.36 bits per heavy atom. The molecule has 1 aromatic rings. The second kappa shape index (κ2) is 12.2. The largest absolute Gasteiger partial charge is 0.477 e. The van der Waals surface area contributed by atoms with Crippen LogP contribution in [0.5, 0.6) is 0 Å². The smallest absolute Gasteiger partial charge is 0.475 e. The lowest BCUT2D eigenvalue weighted by molar-refractivity contribution is -0.293. The number of aliphatic hydroxyl groups excluding tert-OH is 5. The maximum Gasteiger partial charge on any atom is 0.475 e. The number of carboxylic acid groups (broad SMARTS) is 1. The van der Waals surface area contributed by atoms with Crippen LogP contribution in [0.15, 0.2) is 17.1 Å².